The number of pyridine rings is 1. The summed E-state index contributed by atoms with van der Waals surface area (Å²) in [5.74, 6) is 0. The van der Waals surface area contributed by atoms with Gasteiger partial charge in [-0.25, -0.2) is 0 Å². The number of aldehydes is 1. The lowest BCUT2D eigenvalue weighted by Gasteiger charge is -2.15. The topological polar surface area (TPSA) is 80.9 Å². The lowest BCUT2D eigenvalue weighted by atomic mass is 9.96. The van der Waals surface area contributed by atoms with Gasteiger partial charge < -0.3 is 19.2 Å². The van der Waals surface area contributed by atoms with Gasteiger partial charge in [0.05, 0.1) is 24.6 Å². The van der Waals surface area contributed by atoms with Crippen LogP contribution in [0.2, 0.25) is 0 Å². The van der Waals surface area contributed by atoms with Crippen molar-refractivity contribution in [3.63, 3.8) is 0 Å². The van der Waals surface area contributed by atoms with Crippen LogP contribution in [0.15, 0.2) is 27.0 Å². The number of aliphatic hydroxyl groups excluding tert-OH is 1. The molecule has 0 saturated carbocycles. The average Bonchev–Trinajstić information content (AvgIpc) is 3.04. The van der Waals surface area contributed by atoms with Crippen molar-refractivity contribution in [2.24, 2.45) is 4.99 Å². The Balaban J connectivity index is 0.00000109. The fraction of sp³-hybridized carbons (Fsp3) is 0.526. The van der Waals surface area contributed by atoms with Crippen molar-refractivity contribution in [1.29, 1.82) is 0 Å². The van der Waals surface area contributed by atoms with Gasteiger partial charge in [0.25, 0.3) is 5.56 Å². The minimum Gasteiger partial charge on any atom is -0.381 e. The second kappa shape index (κ2) is 8.36. The highest BCUT2D eigenvalue weighted by atomic mass is 16.5. The van der Waals surface area contributed by atoms with Crippen LogP contribution in [0.1, 0.15) is 56.5 Å². The van der Waals surface area contributed by atoms with Crippen LogP contribution in [0.3, 0.4) is 0 Å². The molecule has 0 bridgehead atoms. The quantitative estimate of drug-likeness (QED) is 0.829. The smallest absolute Gasteiger partial charge is 0.257 e. The largest absolute Gasteiger partial charge is 0.381 e. The highest BCUT2D eigenvalue weighted by Crippen LogP contribution is 2.30. The summed E-state index contributed by atoms with van der Waals surface area (Å²) in [6.45, 7) is 7.38. The predicted octanol–water partition coefficient (Wildman–Crippen LogP) is 2.17. The van der Waals surface area contributed by atoms with E-state index in [4.69, 9.17) is 4.74 Å². The highest BCUT2D eigenvalue weighted by Gasteiger charge is 2.31. The number of carbonyl (C=O) groups is 1. The average molecular weight is 346 g/mol. The predicted molar refractivity (Wildman–Crippen MR) is 97.1 cm³/mol. The maximum atomic E-state index is 12.8. The molecule has 0 radical (unpaired) electrons. The molecule has 0 aromatic carbocycles. The highest BCUT2D eigenvalue weighted by molar-refractivity contribution is 6.14. The van der Waals surface area contributed by atoms with E-state index < -0.39 is 6.10 Å². The third-order valence-electron chi connectivity index (χ3n) is 4.55. The first-order valence-corrected chi connectivity index (χ1v) is 8.77. The molecule has 25 heavy (non-hydrogen) atoms. The van der Waals surface area contributed by atoms with Crippen molar-refractivity contribution in [1.82, 2.24) is 4.57 Å². The van der Waals surface area contributed by atoms with Crippen molar-refractivity contribution in [2.75, 3.05) is 13.7 Å². The number of rotatable bonds is 5. The molecule has 1 unspecified atom stereocenters. The van der Waals surface area contributed by atoms with Gasteiger partial charge >= 0.3 is 0 Å². The zero-order chi connectivity index (χ0) is 18.6. The molecule has 1 atom stereocenters. The Kier molecular flexibility index (Phi) is 6.45. The van der Waals surface area contributed by atoms with E-state index in [1.165, 1.54) is 12.7 Å². The van der Waals surface area contributed by atoms with Crippen LogP contribution in [0.25, 0.3) is 0 Å². The molecule has 2 aliphatic heterocycles. The summed E-state index contributed by atoms with van der Waals surface area (Å²) in [5, 5.41) is 9.96. The number of ether oxygens (including phenoxy) is 1. The summed E-state index contributed by atoms with van der Waals surface area (Å²) in [6.07, 6.45) is 0.955. The summed E-state index contributed by atoms with van der Waals surface area (Å²) >= 11 is 0. The molecule has 6 nitrogen and oxygen atoms in total. The van der Waals surface area contributed by atoms with E-state index in [0.29, 0.717) is 36.2 Å². The van der Waals surface area contributed by atoms with E-state index in [1.54, 1.807) is 10.6 Å². The van der Waals surface area contributed by atoms with E-state index >= 15 is 0 Å². The van der Waals surface area contributed by atoms with Crippen LogP contribution in [0.4, 0.5) is 0 Å². The molecule has 0 aliphatic carbocycles. The molecule has 0 saturated heterocycles. The third kappa shape index (κ3) is 3.37. The molecule has 1 aromatic heterocycles. The third-order valence-corrected chi connectivity index (χ3v) is 4.55. The first kappa shape index (κ1) is 19.3. The first-order valence-electron chi connectivity index (χ1n) is 8.77. The molecule has 1 aromatic rings. The Morgan fingerprint density at radius 2 is 2.16 bits per heavy atom. The van der Waals surface area contributed by atoms with Gasteiger partial charge in [0.15, 0.2) is 6.29 Å². The van der Waals surface area contributed by atoms with Gasteiger partial charge in [-0.3, -0.25) is 9.79 Å². The van der Waals surface area contributed by atoms with E-state index in [0.717, 1.165) is 24.1 Å². The Morgan fingerprint density at radius 1 is 1.44 bits per heavy atom. The summed E-state index contributed by atoms with van der Waals surface area (Å²) < 4.78 is 6.75. The van der Waals surface area contributed by atoms with E-state index in [-0.39, 0.29) is 12.2 Å². The van der Waals surface area contributed by atoms with E-state index in [2.05, 4.69) is 11.9 Å². The molecule has 3 heterocycles. The Morgan fingerprint density at radius 3 is 2.76 bits per heavy atom. The summed E-state index contributed by atoms with van der Waals surface area (Å²) in [5.41, 5.74) is 4.36. The Labute approximate surface area is 147 Å². The van der Waals surface area contributed by atoms with Gasteiger partial charge in [-0.1, -0.05) is 26.3 Å². The van der Waals surface area contributed by atoms with Crippen LogP contribution >= 0.6 is 0 Å². The fourth-order valence-electron chi connectivity index (χ4n) is 3.37. The van der Waals surface area contributed by atoms with Crippen molar-refractivity contribution < 1.29 is 14.6 Å². The number of nitrogens with zero attached hydrogens (tertiary/aromatic N) is 2. The summed E-state index contributed by atoms with van der Waals surface area (Å²) in [6, 6.07) is 1.71. The molecule has 136 valence electrons. The number of aromatic nitrogens is 1. The molecule has 0 spiro atoms. The minimum absolute atomic E-state index is 0.0610. The molecule has 0 fully saturated rings. The number of hydrogen-bond donors (Lipinski definition) is 1. The minimum atomic E-state index is -1.33. The molecule has 0 amide bonds. The molecule has 2 aliphatic rings. The second-order valence-electron chi connectivity index (χ2n) is 5.78. The standard InChI is InChI=1S/C17H20N2O4.C2H6/c1-3-10-4-5-18-16-12(10)7-19-14(16)6-11(15(21)8-20)13(9-23-2)17(19)22;1-2/h6,8,15,21H,3-5,7,9H2,1-2H3;1-2H3. The van der Waals surface area contributed by atoms with Crippen molar-refractivity contribution in [2.45, 2.75) is 52.9 Å². The normalized spacial score (nSPS) is 16.4. The van der Waals surface area contributed by atoms with Gasteiger partial charge in [0, 0.05) is 24.8 Å². The van der Waals surface area contributed by atoms with Gasteiger partial charge in [0.2, 0.25) is 0 Å². The van der Waals surface area contributed by atoms with Crippen molar-refractivity contribution in [3.8, 4) is 0 Å². The molecule has 3 rings (SSSR count). The van der Waals surface area contributed by atoms with Crippen LogP contribution in [0.5, 0.6) is 0 Å². The fourth-order valence-corrected chi connectivity index (χ4v) is 3.37. The SMILES string of the molecule is CC.CCC1=C2Cn3c(cc(C(O)C=O)c(COC)c3=O)C2=NCC1. The van der Waals surface area contributed by atoms with Crippen LogP contribution < -0.4 is 5.56 Å². The van der Waals surface area contributed by atoms with Gasteiger partial charge in [-0.15, -0.1) is 0 Å². The molecular weight excluding hydrogens is 320 g/mol. The summed E-state index contributed by atoms with van der Waals surface area (Å²) in [7, 11) is 1.48. The van der Waals surface area contributed by atoms with Gasteiger partial charge in [-0.05, 0) is 24.5 Å². The number of dihydropyridines is 1. The zero-order valence-electron chi connectivity index (χ0n) is 15.3. The molecule has 6 heteroatoms. The Hall–Kier alpha value is -2.05. The maximum absolute atomic E-state index is 12.8. The zero-order valence-corrected chi connectivity index (χ0v) is 15.3. The van der Waals surface area contributed by atoms with E-state index in [1.807, 2.05) is 13.8 Å². The number of fused-ring (bicyclic) bond motifs is 3. The monoisotopic (exact) mass is 346 g/mol. The number of aliphatic hydroxyl groups is 1. The van der Waals surface area contributed by atoms with Crippen molar-refractivity contribution >= 4 is 12.0 Å². The number of carbonyl (C=O) groups excluding carboxylic acids is 1. The number of allylic oxidation sites excluding steroid dienone is 1. The van der Waals surface area contributed by atoms with Crippen LogP contribution in [0, 0.1) is 0 Å². The van der Waals surface area contributed by atoms with Gasteiger partial charge in [-0.2, -0.15) is 0 Å². The van der Waals surface area contributed by atoms with E-state index in [9.17, 15) is 14.7 Å². The van der Waals surface area contributed by atoms with Crippen LogP contribution in [-0.2, 0) is 22.7 Å². The number of methoxy groups -OCH3 is 1. The number of aliphatic imine (C=N–C) groups is 1. The second-order valence-corrected chi connectivity index (χ2v) is 5.78. The number of hydrogen-bond acceptors (Lipinski definition) is 5. The maximum Gasteiger partial charge on any atom is 0.257 e. The molecule has 1 N–H and O–H groups in total. The summed E-state index contributed by atoms with van der Waals surface area (Å²) in [4.78, 5) is 28.4. The Bertz CT molecular complexity index is 774. The van der Waals surface area contributed by atoms with Crippen molar-refractivity contribution in [3.05, 3.63) is 44.4 Å². The van der Waals surface area contributed by atoms with Gasteiger partial charge in [0.1, 0.15) is 6.10 Å². The molecular formula is C19H26N2O4. The lowest BCUT2D eigenvalue weighted by Crippen LogP contribution is -2.27. The lowest BCUT2D eigenvalue weighted by molar-refractivity contribution is -0.115. The van der Waals surface area contributed by atoms with Crippen LogP contribution in [-0.4, -0.2) is 35.3 Å². The first-order chi connectivity index (χ1) is 12.1.